The van der Waals surface area contributed by atoms with Crippen LogP contribution in [-0.2, 0) is 0 Å². The molecule has 0 aromatic rings. The number of nitrogens with one attached hydrogen (secondary N) is 1. The third-order valence-corrected chi connectivity index (χ3v) is 4.01. The minimum Gasteiger partial charge on any atom is -0.310 e. The monoisotopic (exact) mass is 196 g/mol. The number of likely N-dealkylation sites (N-methyl/N-ethyl adjacent to an activating group) is 1. The third kappa shape index (κ3) is 1.96. The first-order valence-corrected chi connectivity index (χ1v) is 6.13. The van der Waals surface area contributed by atoms with Gasteiger partial charge in [-0.05, 0) is 52.2 Å². The van der Waals surface area contributed by atoms with Crippen molar-refractivity contribution in [2.45, 2.75) is 44.1 Å². The number of hydrogen-bond acceptors (Lipinski definition) is 2. The van der Waals surface area contributed by atoms with Crippen LogP contribution in [0.1, 0.15) is 38.5 Å². The maximum Gasteiger partial charge on any atom is 0.0336 e. The molecule has 0 aromatic heterocycles. The van der Waals surface area contributed by atoms with Gasteiger partial charge in [0.15, 0.2) is 0 Å². The van der Waals surface area contributed by atoms with Gasteiger partial charge in [0.05, 0.1) is 0 Å². The van der Waals surface area contributed by atoms with Crippen molar-refractivity contribution in [2.75, 3.05) is 27.2 Å². The van der Waals surface area contributed by atoms with Crippen molar-refractivity contribution in [2.24, 2.45) is 5.92 Å². The van der Waals surface area contributed by atoms with Gasteiger partial charge >= 0.3 is 0 Å². The lowest BCUT2D eigenvalue weighted by Crippen LogP contribution is -2.60. The van der Waals surface area contributed by atoms with Crippen LogP contribution >= 0.6 is 0 Å². The van der Waals surface area contributed by atoms with E-state index in [1.807, 2.05) is 0 Å². The first kappa shape index (κ1) is 10.4. The van der Waals surface area contributed by atoms with Crippen molar-refractivity contribution in [1.82, 2.24) is 10.2 Å². The summed E-state index contributed by atoms with van der Waals surface area (Å²) in [6, 6.07) is 0. The highest BCUT2D eigenvalue weighted by molar-refractivity contribution is 5.01. The molecule has 0 radical (unpaired) electrons. The van der Waals surface area contributed by atoms with Gasteiger partial charge in [-0.15, -0.1) is 0 Å². The van der Waals surface area contributed by atoms with E-state index in [-0.39, 0.29) is 0 Å². The summed E-state index contributed by atoms with van der Waals surface area (Å²) in [5.41, 5.74) is 0.472. The fraction of sp³-hybridized carbons (Fsp3) is 1.00. The molecule has 2 heteroatoms. The highest BCUT2D eigenvalue weighted by Gasteiger charge is 2.42. The van der Waals surface area contributed by atoms with Crippen molar-refractivity contribution >= 4 is 0 Å². The number of rotatable bonds is 3. The zero-order valence-electron chi connectivity index (χ0n) is 9.68. The largest absolute Gasteiger partial charge is 0.310 e. The molecule has 2 aliphatic rings. The standard InChI is InChI=1S/C12H24N2/c1-14(2)10-12(11-6-5-7-11)8-3-4-9-13-12/h11,13H,3-10H2,1-2H3. The second-order valence-corrected chi connectivity index (χ2v) is 5.41. The second kappa shape index (κ2) is 4.19. The van der Waals surface area contributed by atoms with Gasteiger partial charge in [-0.25, -0.2) is 0 Å². The topological polar surface area (TPSA) is 15.3 Å². The Morgan fingerprint density at radius 3 is 2.43 bits per heavy atom. The first-order valence-electron chi connectivity index (χ1n) is 6.13. The molecule has 2 fully saturated rings. The van der Waals surface area contributed by atoms with Crippen molar-refractivity contribution in [3.63, 3.8) is 0 Å². The highest BCUT2D eigenvalue weighted by atomic mass is 15.1. The summed E-state index contributed by atoms with van der Waals surface area (Å²) in [5.74, 6) is 0.963. The van der Waals surface area contributed by atoms with E-state index in [4.69, 9.17) is 0 Å². The Bertz CT molecular complexity index is 179. The Morgan fingerprint density at radius 2 is 2.00 bits per heavy atom. The van der Waals surface area contributed by atoms with E-state index in [9.17, 15) is 0 Å². The summed E-state index contributed by atoms with van der Waals surface area (Å²) in [6.07, 6.45) is 8.58. The smallest absolute Gasteiger partial charge is 0.0336 e. The van der Waals surface area contributed by atoms with Crippen LogP contribution in [0.15, 0.2) is 0 Å². The second-order valence-electron chi connectivity index (χ2n) is 5.41. The molecule has 1 N–H and O–H groups in total. The molecular weight excluding hydrogens is 172 g/mol. The van der Waals surface area contributed by atoms with Gasteiger partial charge in [0.25, 0.3) is 0 Å². The van der Waals surface area contributed by atoms with Crippen LogP contribution in [0.2, 0.25) is 0 Å². The van der Waals surface area contributed by atoms with Gasteiger partial charge in [0.2, 0.25) is 0 Å². The summed E-state index contributed by atoms with van der Waals surface area (Å²) in [6.45, 7) is 2.47. The predicted octanol–water partition coefficient (Wildman–Crippen LogP) is 1.86. The van der Waals surface area contributed by atoms with Crippen LogP contribution in [0, 0.1) is 5.92 Å². The Kier molecular flexibility index (Phi) is 3.13. The molecule has 1 saturated heterocycles. The molecule has 0 spiro atoms. The van der Waals surface area contributed by atoms with E-state index in [1.165, 1.54) is 51.6 Å². The molecule has 0 amide bonds. The van der Waals surface area contributed by atoms with E-state index < -0.39 is 0 Å². The molecule has 1 aliphatic carbocycles. The summed E-state index contributed by atoms with van der Waals surface area (Å²) >= 11 is 0. The number of hydrogen-bond donors (Lipinski definition) is 1. The quantitative estimate of drug-likeness (QED) is 0.741. The fourth-order valence-corrected chi connectivity index (χ4v) is 3.13. The van der Waals surface area contributed by atoms with Crippen molar-refractivity contribution in [1.29, 1.82) is 0 Å². The first-order chi connectivity index (χ1) is 6.73. The Morgan fingerprint density at radius 1 is 1.21 bits per heavy atom. The SMILES string of the molecule is CN(C)CC1(C2CCC2)CCCCN1. The lowest BCUT2D eigenvalue weighted by molar-refractivity contribution is 0.0698. The fourth-order valence-electron chi connectivity index (χ4n) is 3.13. The maximum atomic E-state index is 3.82. The zero-order chi connectivity index (χ0) is 10.0. The summed E-state index contributed by atoms with van der Waals surface area (Å²) in [4.78, 5) is 2.36. The van der Waals surface area contributed by atoms with E-state index in [1.54, 1.807) is 0 Å². The minimum absolute atomic E-state index is 0.472. The average molecular weight is 196 g/mol. The van der Waals surface area contributed by atoms with Crippen molar-refractivity contribution in [3.05, 3.63) is 0 Å². The molecule has 1 saturated carbocycles. The van der Waals surface area contributed by atoms with Gasteiger partial charge in [0.1, 0.15) is 0 Å². The van der Waals surface area contributed by atoms with Crippen LogP contribution in [0.5, 0.6) is 0 Å². The molecule has 14 heavy (non-hydrogen) atoms. The third-order valence-electron chi connectivity index (χ3n) is 4.01. The highest BCUT2D eigenvalue weighted by Crippen LogP contribution is 2.40. The van der Waals surface area contributed by atoms with Crippen LogP contribution < -0.4 is 5.32 Å². The van der Waals surface area contributed by atoms with Gasteiger partial charge in [0, 0.05) is 12.1 Å². The van der Waals surface area contributed by atoms with Crippen LogP contribution in [0.3, 0.4) is 0 Å². The molecule has 2 nitrogen and oxygen atoms in total. The van der Waals surface area contributed by atoms with E-state index in [0.717, 1.165) is 5.92 Å². The normalized spacial score (nSPS) is 34.5. The van der Waals surface area contributed by atoms with E-state index >= 15 is 0 Å². The van der Waals surface area contributed by atoms with Gasteiger partial charge in [-0.3, -0.25) is 0 Å². The van der Waals surface area contributed by atoms with Crippen LogP contribution in [0.25, 0.3) is 0 Å². The zero-order valence-corrected chi connectivity index (χ0v) is 9.68. The average Bonchev–Trinajstić information content (AvgIpc) is 2.00. The summed E-state index contributed by atoms with van der Waals surface area (Å²) < 4.78 is 0. The van der Waals surface area contributed by atoms with E-state index in [2.05, 4.69) is 24.3 Å². The molecule has 1 heterocycles. The van der Waals surface area contributed by atoms with E-state index in [0.29, 0.717) is 5.54 Å². The molecule has 82 valence electrons. The van der Waals surface area contributed by atoms with Gasteiger partial charge in [-0.1, -0.05) is 12.8 Å². The van der Waals surface area contributed by atoms with Gasteiger partial charge < -0.3 is 10.2 Å². The number of nitrogens with zero attached hydrogens (tertiary/aromatic N) is 1. The molecule has 1 unspecified atom stereocenters. The van der Waals surface area contributed by atoms with Gasteiger partial charge in [-0.2, -0.15) is 0 Å². The van der Waals surface area contributed by atoms with Crippen molar-refractivity contribution < 1.29 is 0 Å². The summed E-state index contributed by atoms with van der Waals surface area (Å²) in [7, 11) is 4.41. The Balaban J connectivity index is 2.01. The molecule has 0 aromatic carbocycles. The Labute approximate surface area is 88.1 Å². The molecule has 2 rings (SSSR count). The lowest BCUT2D eigenvalue weighted by Gasteiger charge is -2.49. The molecular formula is C12H24N2. The van der Waals surface area contributed by atoms with Crippen LogP contribution in [-0.4, -0.2) is 37.6 Å². The molecule has 1 aliphatic heterocycles. The number of piperidine rings is 1. The van der Waals surface area contributed by atoms with Crippen LogP contribution in [0.4, 0.5) is 0 Å². The summed E-state index contributed by atoms with van der Waals surface area (Å²) in [5, 5.41) is 3.82. The molecule has 1 atom stereocenters. The lowest BCUT2D eigenvalue weighted by atomic mass is 9.67. The Hall–Kier alpha value is -0.0800. The minimum atomic E-state index is 0.472. The molecule has 0 bridgehead atoms. The van der Waals surface area contributed by atoms with Crippen molar-refractivity contribution in [3.8, 4) is 0 Å². The predicted molar refractivity (Wildman–Crippen MR) is 60.5 cm³/mol. The maximum absolute atomic E-state index is 3.82.